The van der Waals surface area contributed by atoms with Gasteiger partial charge in [0.2, 0.25) is 5.91 Å². The van der Waals surface area contributed by atoms with Gasteiger partial charge in [-0.2, -0.15) is 10.2 Å². The number of aryl methyl sites for hydroxylation is 2. The third-order valence-corrected chi connectivity index (χ3v) is 5.42. The highest BCUT2D eigenvalue weighted by Gasteiger charge is 2.10. The van der Waals surface area contributed by atoms with Crippen molar-refractivity contribution in [1.82, 2.24) is 19.6 Å². The molecule has 32 heavy (non-hydrogen) atoms. The van der Waals surface area contributed by atoms with E-state index in [9.17, 15) is 4.79 Å². The standard InChI is InChI=1S/C26H27N5O/c1-19-5-7-23(8-6-19)18-31-21(3)25(20(2)29-31)13-14-26(32)28-24-11-9-22(10-12-24)17-30-16-4-15-27-30/h4-16H,17-18H2,1-3H3,(H,28,32)/b14-13+. The molecule has 0 aliphatic carbocycles. The van der Waals surface area contributed by atoms with Crippen molar-refractivity contribution >= 4 is 17.7 Å². The van der Waals surface area contributed by atoms with Gasteiger partial charge in [-0.05, 0) is 56.2 Å². The molecule has 0 spiro atoms. The molecule has 6 nitrogen and oxygen atoms in total. The number of nitrogens with zero attached hydrogens (tertiary/aromatic N) is 4. The lowest BCUT2D eigenvalue weighted by Gasteiger charge is -2.06. The number of carbonyl (C=O) groups is 1. The summed E-state index contributed by atoms with van der Waals surface area (Å²) in [4.78, 5) is 12.4. The summed E-state index contributed by atoms with van der Waals surface area (Å²) in [6.07, 6.45) is 7.08. The molecule has 6 heteroatoms. The second kappa shape index (κ2) is 9.47. The molecule has 0 saturated heterocycles. The van der Waals surface area contributed by atoms with Gasteiger partial charge in [0.15, 0.2) is 0 Å². The van der Waals surface area contributed by atoms with Crippen LogP contribution in [-0.4, -0.2) is 25.5 Å². The first kappa shape index (κ1) is 21.3. The van der Waals surface area contributed by atoms with E-state index in [4.69, 9.17) is 0 Å². The average molecular weight is 426 g/mol. The smallest absolute Gasteiger partial charge is 0.248 e. The topological polar surface area (TPSA) is 64.7 Å². The maximum Gasteiger partial charge on any atom is 0.248 e. The van der Waals surface area contributed by atoms with Gasteiger partial charge in [0.25, 0.3) is 0 Å². The van der Waals surface area contributed by atoms with Crippen molar-refractivity contribution in [3.63, 3.8) is 0 Å². The van der Waals surface area contributed by atoms with Crippen LogP contribution in [0.2, 0.25) is 0 Å². The highest BCUT2D eigenvalue weighted by Crippen LogP contribution is 2.17. The van der Waals surface area contributed by atoms with Crippen LogP contribution in [0.1, 0.15) is 33.6 Å². The van der Waals surface area contributed by atoms with Crippen LogP contribution in [0, 0.1) is 20.8 Å². The van der Waals surface area contributed by atoms with Gasteiger partial charge in [-0.3, -0.25) is 14.2 Å². The van der Waals surface area contributed by atoms with Crippen molar-refractivity contribution in [2.45, 2.75) is 33.9 Å². The number of amides is 1. The molecule has 0 fully saturated rings. The average Bonchev–Trinajstić information content (AvgIpc) is 3.38. The number of hydrogen-bond acceptors (Lipinski definition) is 3. The molecule has 0 saturated carbocycles. The summed E-state index contributed by atoms with van der Waals surface area (Å²) in [6.45, 7) is 7.49. The Morgan fingerprint density at radius 1 is 0.969 bits per heavy atom. The highest BCUT2D eigenvalue weighted by atomic mass is 16.1. The largest absolute Gasteiger partial charge is 0.323 e. The number of carbonyl (C=O) groups excluding carboxylic acids is 1. The normalized spacial score (nSPS) is 11.2. The summed E-state index contributed by atoms with van der Waals surface area (Å²) in [6, 6.07) is 18.1. The third kappa shape index (κ3) is 5.21. The Morgan fingerprint density at radius 2 is 1.66 bits per heavy atom. The Labute approximate surface area is 188 Å². The van der Waals surface area contributed by atoms with Crippen LogP contribution in [0.4, 0.5) is 5.69 Å². The number of aromatic nitrogens is 4. The van der Waals surface area contributed by atoms with Gasteiger partial charge in [0, 0.05) is 35.4 Å². The number of rotatable bonds is 7. The molecule has 1 amide bonds. The van der Waals surface area contributed by atoms with Crippen LogP contribution in [0.3, 0.4) is 0 Å². The number of hydrogen-bond donors (Lipinski definition) is 1. The zero-order valence-corrected chi connectivity index (χ0v) is 18.6. The first-order valence-corrected chi connectivity index (χ1v) is 10.6. The van der Waals surface area contributed by atoms with E-state index < -0.39 is 0 Å². The highest BCUT2D eigenvalue weighted by molar-refractivity contribution is 6.02. The molecule has 0 bridgehead atoms. The van der Waals surface area contributed by atoms with Crippen LogP contribution < -0.4 is 5.32 Å². The molecular formula is C26H27N5O. The van der Waals surface area contributed by atoms with E-state index in [2.05, 4.69) is 46.7 Å². The quantitative estimate of drug-likeness (QED) is 0.435. The zero-order chi connectivity index (χ0) is 22.5. The molecule has 0 unspecified atom stereocenters. The Morgan fingerprint density at radius 3 is 2.34 bits per heavy atom. The SMILES string of the molecule is Cc1ccc(Cn2nc(C)c(/C=C/C(=O)Nc3ccc(Cn4cccn4)cc3)c2C)cc1. The minimum atomic E-state index is -0.171. The number of anilines is 1. The fourth-order valence-corrected chi connectivity index (χ4v) is 3.59. The molecule has 0 aliphatic rings. The molecule has 2 heterocycles. The van der Waals surface area contributed by atoms with Crippen molar-refractivity contribution in [3.05, 3.63) is 107 Å². The minimum absolute atomic E-state index is 0.171. The summed E-state index contributed by atoms with van der Waals surface area (Å²) in [7, 11) is 0. The Balaban J connectivity index is 1.39. The van der Waals surface area contributed by atoms with Crippen LogP contribution in [0.25, 0.3) is 6.08 Å². The summed E-state index contributed by atoms with van der Waals surface area (Å²) < 4.78 is 3.84. The van der Waals surface area contributed by atoms with Gasteiger partial charge in [0.1, 0.15) is 0 Å². The lowest BCUT2D eigenvalue weighted by Crippen LogP contribution is -2.08. The van der Waals surface area contributed by atoms with Gasteiger partial charge in [-0.1, -0.05) is 42.0 Å². The van der Waals surface area contributed by atoms with Crippen molar-refractivity contribution in [3.8, 4) is 0 Å². The first-order chi connectivity index (χ1) is 15.5. The van der Waals surface area contributed by atoms with Gasteiger partial charge < -0.3 is 5.32 Å². The van der Waals surface area contributed by atoms with E-state index in [0.29, 0.717) is 13.1 Å². The van der Waals surface area contributed by atoms with Crippen molar-refractivity contribution < 1.29 is 4.79 Å². The third-order valence-electron chi connectivity index (χ3n) is 5.42. The molecule has 4 aromatic rings. The first-order valence-electron chi connectivity index (χ1n) is 10.6. The van der Waals surface area contributed by atoms with Gasteiger partial charge in [-0.15, -0.1) is 0 Å². The Kier molecular flexibility index (Phi) is 6.31. The fraction of sp³-hybridized carbons (Fsp3) is 0.192. The zero-order valence-electron chi connectivity index (χ0n) is 18.6. The van der Waals surface area contributed by atoms with Gasteiger partial charge in [0.05, 0.1) is 18.8 Å². The number of benzene rings is 2. The van der Waals surface area contributed by atoms with Gasteiger partial charge >= 0.3 is 0 Å². The van der Waals surface area contributed by atoms with Crippen LogP contribution in [-0.2, 0) is 17.9 Å². The molecule has 162 valence electrons. The molecular weight excluding hydrogens is 398 g/mol. The molecule has 1 N–H and O–H groups in total. The lowest BCUT2D eigenvalue weighted by atomic mass is 10.1. The summed E-state index contributed by atoms with van der Waals surface area (Å²) in [5.41, 5.74) is 7.23. The number of nitrogens with one attached hydrogen (secondary N) is 1. The summed E-state index contributed by atoms with van der Waals surface area (Å²) in [5.74, 6) is -0.171. The van der Waals surface area contributed by atoms with Crippen molar-refractivity contribution in [1.29, 1.82) is 0 Å². The molecule has 2 aromatic carbocycles. The van der Waals surface area contributed by atoms with Crippen molar-refractivity contribution in [2.75, 3.05) is 5.32 Å². The van der Waals surface area contributed by atoms with E-state index in [1.54, 1.807) is 12.3 Å². The van der Waals surface area contributed by atoms with Crippen LogP contribution >= 0.6 is 0 Å². The summed E-state index contributed by atoms with van der Waals surface area (Å²) >= 11 is 0. The van der Waals surface area contributed by atoms with E-state index in [1.165, 1.54) is 11.1 Å². The van der Waals surface area contributed by atoms with Gasteiger partial charge in [-0.25, -0.2) is 0 Å². The Hall–Kier alpha value is -3.93. The van der Waals surface area contributed by atoms with E-state index in [0.717, 1.165) is 28.2 Å². The second-order valence-electron chi connectivity index (χ2n) is 7.95. The second-order valence-corrected chi connectivity index (χ2v) is 7.95. The van der Waals surface area contributed by atoms with Crippen LogP contribution in [0.5, 0.6) is 0 Å². The maximum absolute atomic E-state index is 12.4. The monoisotopic (exact) mass is 425 g/mol. The van der Waals surface area contributed by atoms with Crippen molar-refractivity contribution in [2.24, 2.45) is 0 Å². The molecule has 0 atom stereocenters. The maximum atomic E-state index is 12.4. The fourth-order valence-electron chi connectivity index (χ4n) is 3.59. The van der Waals surface area contributed by atoms with Crippen LogP contribution in [0.15, 0.2) is 73.1 Å². The summed E-state index contributed by atoms with van der Waals surface area (Å²) in [5, 5.41) is 11.8. The Bertz CT molecular complexity index is 1220. The van der Waals surface area contributed by atoms with E-state index >= 15 is 0 Å². The molecule has 0 radical (unpaired) electrons. The predicted octanol–water partition coefficient (Wildman–Crippen LogP) is 4.75. The molecule has 2 aromatic heterocycles. The van der Waals surface area contributed by atoms with E-state index in [1.807, 2.05) is 65.8 Å². The lowest BCUT2D eigenvalue weighted by molar-refractivity contribution is -0.111. The molecule has 4 rings (SSSR count). The van der Waals surface area contributed by atoms with E-state index in [-0.39, 0.29) is 5.91 Å². The predicted molar refractivity (Wildman–Crippen MR) is 127 cm³/mol. The minimum Gasteiger partial charge on any atom is -0.323 e. The molecule has 0 aliphatic heterocycles.